The van der Waals surface area contributed by atoms with E-state index in [-0.39, 0.29) is 11.1 Å². The van der Waals surface area contributed by atoms with Crippen molar-refractivity contribution in [2.45, 2.75) is 20.0 Å². The van der Waals surface area contributed by atoms with Crippen molar-refractivity contribution in [2.75, 3.05) is 13.2 Å². The molecule has 94 valence electrons. The zero-order chi connectivity index (χ0) is 12.8. The maximum absolute atomic E-state index is 6.01. The fourth-order valence-electron chi connectivity index (χ4n) is 1.23. The molecule has 0 aliphatic rings. The Kier molecular flexibility index (Phi) is 5.68. The highest BCUT2D eigenvalue weighted by molar-refractivity contribution is 7.80. The summed E-state index contributed by atoms with van der Waals surface area (Å²) in [5.74, 6) is 0.683. The molecule has 0 saturated heterocycles. The van der Waals surface area contributed by atoms with Crippen LogP contribution < -0.4 is 10.5 Å². The third kappa shape index (κ3) is 4.89. The summed E-state index contributed by atoms with van der Waals surface area (Å²) < 4.78 is 10.8. The van der Waals surface area contributed by atoms with Crippen molar-refractivity contribution in [3.63, 3.8) is 0 Å². The summed E-state index contributed by atoms with van der Waals surface area (Å²) in [6.07, 6.45) is 0.208. The van der Waals surface area contributed by atoms with E-state index in [4.69, 9.17) is 39.0 Å². The third-order valence-electron chi connectivity index (χ3n) is 2.01. The molecule has 0 aliphatic heterocycles. The molecule has 17 heavy (non-hydrogen) atoms. The van der Waals surface area contributed by atoms with Gasteiger partial charge in [-0.2, -0.15) is 0 Å². The van der Waals surface area contributed by atoms with Crippen molar-refractivity contribution >= 4 is 28.8 Å². The van der Waals surface area contributed by atoms with Crippen LogP contribution in [-0.4, -0.2) is 24.3 Å². The Morgan fingerprint density at radius 3 is 2.65 bits per heavy atom. The van der Waals surface area contributed by atoms with Gasteiger partial charge < -0.3 is 15.2 Å². The van der Waals surface area contributed by atoms with E-state index in [1.165, 1.54) is 0 Å². The van der Waals surface area contributed by atoms with Gasteiger partial charge in [-0.05, 0) is 32.0 Å². The average molecular weight is 274 g/mol. The Morgan fingerprint density at radius 1 is 1.41 bits per heavy atom. The maximum atomic E-state index is 6.01. The summed E-state index contributed by atoms with van der Waals surface area (Å²) in [6, 6.07) is 5.24. The molecule has 0 saturated carbocycles. The van der Waals surface area contributed by atoms with E-state index in [1.54, 1.807) is 18.2 Å². The van der Waals surface area contributed by atoms with Crippen LogP contribution in [0.25, 0.3) is 0 Å². The molecule has 0 amide bonds. The van der Waals surface area contributed by atoms with Crippen LogP contribution in [0.4, 0.5) is 0 Å². The summed E-state index contributed by atoms with van der Waals surface area (Å²) in [4.78, 5) is 0.282. The first-order valence-electron chi connectivity index (χ1n) is 5.34. The predicted octanol–water partition coefficient (Wildman–Crippen LogP) is 2.78. The molecule has 5 heteroatoms. The molecule has 1 aromatic carbocycles. The van der Waals surface area contributed by atoms with Gasteiger partial charge in [0.2, 0.25) is 0 Å². The van der Waals surface area contributed by atoms with Gasteiger partial charge in [0.1, 0.15) is 17.3 Å². The maximum Gasteiger partial charge on any atom is 0.120 e. The first kappa shape index (κ1) is 14.2. The Bertz CT molecular complexity index is 396. The summed E-state index contributed by atoms with van der Waals surface area (Å²) in [7, 11) is 0. The zero-order valence-electron chi connectivity index (χ0n) is 9.90. The first-order chi connectivity index (χ1) is 8.00. The molecular weight excluding hydrogens is 258 g/mol. The molecule has 3 nitrogen and oxygen atoms in total. The molecule has 0 unspecified atom stereocenters. The Hall–Kier alpha value is -0.840. The van der Waals surface area contributed by atoms with Crippen molar-refractivity contribution in [3.05, 3.63) is 28.8 Å². The van der Waals surface area contributed by atoms with Crippen LogP contribution in [0.15, 0.2) is 18.2 Å². The van der Waals surface area contributed by atoms with Gasteiger partial charge in [-0.3, -0.25) is 0 Å². The van der Waals surface area contributed by atoms with Crippen LogP contribution in [0.1, 0.15) is 19.4 Å². The summed E-state index contributed by atoms with van der Waals surface area (Å²) in [5.41, 5.74) is 6.17. The topological polar surface area (TPSA) is 44.5 Å². The second kappa shape index (κ2) is 6.79. The molecule has 0 fully saturated rings. The molecule has 2 N–H and O–H groups in total. The Balaban J connectivity index is 2.50. The molecular formula is C12H16ClNO2S. The molecule has 0 heterocycles. The predicted molar refractivity (Wildman–Crippen MR) is 73.9 cm³/mol. The molecule has 0 aliphatic carbocycles. The number of rotatable bonds is 6. The lowest BCUT2D eigenvalue weighted by Gasteiger charge is -2.10. The second-order valence-electron chi connectivity index (χ2n) is 3.77. The lowest BCUT2D eigenvalue weighted by Crippen LogP contribution is -2.12. The Labute approximate surface area is 112 Å². The molecule has 0 atom stereocenters. The summed E-state index contributed by atoms with van der Waals surface area (Å²) in [6.45, 7) is 5.00. The molecule has 1 rings (SSSR count). The van der Waals surface area contributed by atoms with Crippen LogP contribution in [0, 0.1) is 0 Å². The van der Waals surface area contributed by atoms with E-state index in [0.717, 1.165) is 0 Å². The minimum atomic E-state index is 0.208. The minimum absolute atomic E-state index is 0.208. The normalized spacial score (nSPS) is 10.6. The van der Waals surface area contributed by atoms with Gasteiger partial charge in [0.15, 0.2) is 0 Å². The number of benzene rings is 1. The highest BCUT2D eigenvalue weighted by atomic mass is 35.5. The lowest BCUT2D eigenvalue weighted by atomic mass is 10.2. The number of nitrogens with two attached hydrogens (primary N) is 1. The van der Waals surface area contributed by atoms with Gasteiger partial charge >= 0.3 is 0 Å². The molecule has 0 spiro atoms. The van der Waals surface area contributed by atoms with Gasteiger partial charge in [-0.1, -0.05) is 23.8 Å². The molecule has 0 bridgehead atoms. The second-order valence-corrected chi connectivity index (χ2v) is 4.62. The standard InChI is InChI=1S/C12H16ClNO2S/c1-8(2)15-5-6-16-9-3-4-10(12(14)17)11(13)7-9/h3-4,7-8H,5-6H2,1-2H3,(H2,14,17). The summed E-state index contributed by atoms with van der Waals surface area (Å²) in [5, 5.41) is 0.500. The molecule has 0 radical (unpaired) electrons. The van der Waals surface area contributed by atoms with E-state index in [1.807, 2.05) is 13.8 Å². The number of halogens is 1. The number of hydrogen-bond acceptors (Lipinski definition) is 3. The van der Waals surface area contributed by atoms with Gasteiger partial charge in [0.25, 0.3) is 0 Å². The van der Waals surface area contributed by atoms with Crippen molar-refractivity contribution in [2.24, 2.45) is 5.73 Å². The monoisotopic (exact) mass is 273 g/mol. The van der Waals surface area contributed by atoms with E-state index in [0.29, 0.717) is 29.5 Å². The molecule has 1 aromatic rings. The van der Waals surface area contributed by atoms with Gasteiger partial charge in [0.05, 0.1) is 17.7 Å². The first-order valence-corrected chi connectivity index (χ1v) is 6.13. The number of thiocarbonyl (C=S) groups is 1. The van der Waals surface area contributed by atoms with E-state index < -0.39 is 0 Å². The van der Waals surface area contributed by atoms with Gasteiger partial charge in [0, 0.05) is 5.56 Å². The average Bonchev–Trinajstić information content (AvgIpc) is 2.23. The Morgan fingerprint density at radius 2 is 2.12 bits per heavy atom. The van der Waals surface area contributed by atoms with Crippen molar-refractivity contribution in [3.8, 4) is 5.75 Å². The summed E-state index contributed by atoms with van der Waals surface area (Å²) >= 11 is 10.9. The number of ether oxygens (including phenoxy) is 2. The SMILES string of the molecule is CC(C)OCCOc1ccc(C(N)=S)c(Cl)c1. The van der Waals surface area contributed by atoms with Crippen molar-refractivity contribution < 1.29 is 9.47 Å². The van der Waals surface area contributed by atoms with Gasteiger partial charge in [-0.15, -0.1) is 0 Å². The highest BCUT2D eigenvalue weighted by Crippen LogP contribution is 2.22. The molecule has 0 aromatic heterocycles. The van der Waals surface area contributed by atoms with E-state index >= 15 is 0 Å². The lowest BCUT2D eigenvalue weighted by molar-refractivity contribution is 0.0553. The van der Waals surface area contributed by atoms with E-state index in [2.05, 4.69) is 0 Å². The van der Waals surface area contributed by atoms with Crippen LogP contribution in [-0.2, 0) is 4.74 Å². The van der Waals surface area contributed by atoms with Crippen molar-refractivity contribution in [1.82, 2.24) is 0 Å². The van der Waals surface area contributed by atoms with Crippen LogP contribution in [0.5, 0.6) is 5.75 Å². The smallest absolute Gasteiger partial charge is 0.120 e. The largest absolute Gasteiger partial charge is 0.491 e. The van der Waals surface area contributed by atoms with Crippen LogP contribution in [0.3, 0.4) is 0 Å². The fourth-order valence-corrected chi connectivity index (χ4v) is 1.74. The van der Waals surface area contributed by atoms with E-state index in [9.17, 15) is 0 Å². The van der Waals surface area contributed by atoms with Crippen LogP contribution in [0.2, 0.25) is 5.02 Å². The fraction of sp³-hybridized carbons (Fsp3) is 0.417. The number of hydrogen-bond donors (Lipinski definition) is 1. The quantitative estimate of drug-likeness (QED) is 0.639. The van der Waals surface area contributed by atoms with Crippen LogP contribution >= 0.6 is 23.8 Å². The zero-order valence-corrected chi connectivity index (χ0v) is 11.5. The van der Waals surface area contributed by atoms with Gasteiger partial charge in [-0.25, -0.2) is 0 Å². The van der Waals surface area contributed by atoms with Crippen molar-refractivity contribution in [1.29, 1.82) is 0 Å². The third-order valence-corrected chi connectivity index (χ3v) is 2.54. The highest BCUT2D eigenvalue weighted by Gasteiger charge is 2.05. The minimum Gasteiger partial charge on any atom is -0.491 e.